The molecule has 1 N–H and O–H groups in total. The number of nitrogens with one attached hydrogen (secondary N) is 1. The van der Waals surface area contributed by atoms with Crippen molar-refractivity contribution in [2.75, 3.05) is 7.11 Å². The Morgan fingerprint density at radius 1 is 1.03 bits per heavy atom. The lowest BCUT2D eigenvalue weighted by Crippen LogP contribution is -2.33. The summed E-state index contributed by atoms with van der Waals surface area (Å²) in [6, 6.07) is 22.9. The van der Waals surface area contributed by atoms with Crippen molar-refractivity contribution in [3.05, 3.63) is 89.5 Å². The lowest BCUT2D eigenvalue weighted by molar-refractivity contribution is -0.127. The van der Waals surface area contributed by atoms with Gasteiger partial charge in [0.25, 0.3) is 5.91 Å². The Hall–Kier alpha value is -3.80. The third kappa shape index (κ3) is 6.60. The standard InChI is InChI=1S/C25H26N2O4/c1-18-8-7-11-22(14-18)31-19(2)25(28)27-26-16-21-12-13-23(24(15-21)29-3)30-17-20-9-5-4-6-10-20/h4-16,19H,17H2,1-3H3,(H,27,28). The highest BCUT2D eigenvalue weighted by Crippen LogP contribution is 2.28. The fraction of sp³-hybridized carbons (Fsp3) is 0.200. The van der Waals surface area contributed by atoms with Gasteiger partial charge in [-0.2, -0.15) is 5.10 Å². The number of carbonyl (C=O) groups is 1. The maximum atomic E-state index is 12.2. The van der Waals surface area contributed by atoms with E-state index in [1.54, 1.807) is 26.3 Å². The van der Waals surface area contributed by atoms with Crippen molar-refractivity contribution in [2.24, 2.45) is 5.10 Å². The van der Waals surface area contributed by atoms with Gasteiger partial charge in [-0.3, -0.25) is 4.79 Å². The summed E-state index contributed by atoms with van der Waals surface area (Å²) in [6.45, 7) is 4.09. The summed E-state index contributed by atoms with van der Waals surface area (Å²) in [4.78, 5) is 12.2. The summed E-state index contributed by atoms with van der Waals surface area (Å²) in [7, 11) is 1.58. The molecule has 31 heavy (non-hydrogen) atoms. The molecule has 3 aromatic carbocycles. The molecule has 1 atom stereocenters. The molecule has 0 aliphatic carbocycles. The zero-order valence-corrected chi connectivity index (χ0v) is 17.9. The molecule has 0 spiro atoms. The zero-order valence-electron chi connectivity index (χ0n) is 17.9. The number of carbonyl (C=O) groups excluding carboxylic acids is 1. The van der Waals surface area contributed by atoms with Crippen molar-refractivity contribution < 1.29 is 19.0 Å². The first-order valence-corrected chi connectivity index (χ1v) is 9.96. The summed E-state index contributed by atoms with van der Waals surface area (Å²) < 4.78 is 16.9. The Morgan fingerprint density at radius 3 is 2.58 bits per heavy atom. The highest BCUT2D eigenvalue weighted by atomic mass is 16.5. The van der Waals surface area contributed by atoms with Crippen LogP contribution in [0.1, 0.15) is 23.6 Å². The van der Waals surface area contributed by atoms with Gasteiger partial charge in [-0.05, 0) is 60.9 Å². The molecule has 6 heteroatoms. The largest absolute Gasteiger partial charge is 0.493 e. The topological polar surface area (TPSA) is 69.2 Å². The van der Waals surface area contributed by atoms with Crippen LogP contribution in [0.2, 0.25) is 0 Å². The molecule has 1 unspecified atom stereocenters. The van der Waals surface area contributed by atoms with Gasteiger partial charge in [0, 0.05) is 0 Å². The lowest BCUT2D eigenvalue weighted by Gasteiger charge is -2.13. The van der Waals surface area contributed by atoms with E-state index in [9.17, 15) is 4.79 Å². The normalized spacial score (nSPS) is 11.7. The van der Waals surface area contributed by atoms with Crippen LogP contribution in [0.4, 0.5) is 0 Å². The fourth-order valence-electron chi connectivity index (χ4n) is 2.83. The van der Waals surface area contributed by atoms with Crippen molar-refractivity contribution in [3.8, 4) is 17.2 Å². The third-order valence-corrected chi connectivity index (χ3v) is 4.48. The molecular formula is C25H26N2O4. The highest BCUT2D eigenvalue weighted by molar-refractivity contribution is 5.84. The van der Waals surface area contributed by atoms with Gasteiger partial charge >= 0.3 is 0 Å². The summed E-state index contributed by atoms with van der Waals surface area (Å²) in [5.41, 5.74) is 5.39. The summed E-state index contributed by atoms with van der Waals surface area (Å²) >= 11 is 0. The van der Waals surface area contributed by atoms with Crippen LogP contribution in [0, 0.1) is 6.92 Å². The number of ether oxygens (including phenoxy) is 3. The average molecular weight is 418 g/mol. The van der Waals surface area contributed by atoms with Gasteiger partial charge < -0.3 is 14.2 Å². The van der Waals surface area contributed by atoms with Crippen molar-refractivity contribution in [1.29, 1.82) is 0 Å². The molecule has 0 radical (unpaired) electrons. The smallest absolute Gasteiger partial charge is 0.280 e. The van der Waals surface area contributed by atoms with Gasteiger partial charge in [0.15, 0.2) is 17.6 Å². The van der Waals surface area contributed by atoms with E-state index in [1.165, 1.54) is 0 Å². The minimum Gasteiger partial charge on any atom is -0.493 e. The van der Waals surface area contributed by atoms with E-state index in [0.29, 0.717) is 23.9 Å². The van der Waals surface area contributed by atoms with Gasteiger partial charge in [0.05, 0.1) is 13.3 Å². The molecular weight excluding hydrogens is 392 g/mol. The Kier molecular flexibility index (Phi) is 7.65. The number of aryl methyl sites for hydroxylation is 1. The van der Waals surface area contributed by atoms with Crippen LogP contribution in [0.15, 0.2) is 77.9 Å². The fourth-order valence-corrected chi connectivity index (χ4v) is 2.83. The van der Waals surface area contributed by atoms with Crippen LogP contribution < -0.4 is 19.6 Å². The second-order valence-corrected chi connectivity index (χ2v) is 7.00. The number of methoxy groups -OCH3 is 1. The quantitative estimate of drug-likeness (QED) is 0.410. The maximum Gasteiger partial charge on any atom is 0.280 e. The lowest BCUT2D eigenvalue weighted by atomic mass is 10.2. The molecule has 1 amide bonds. The first-order chi connectivity index (χ1) is 15.0. The van der Waals surface area contributed by atoms with Crippen LogP contribution in [-0.2, 0) is 11.4 Å². The summed E-state index contributed by atoms with van der Waals surface area (Å²) in [6.07, 6.45) is 0.864. The van der Waals surface area contributed by atoms with Crippen LogP contribution >= 0.6 is 0 Å². The molecule has 3 aromatic rings. The van der Waals surface area contributed by atoms with Crippen LogP contribution in [0.3, 0.4) is 0 Å². The first kappa shape index (κ1) is 21.9. The van der Waals surface area contributed by atoms with E-state index >= 15 is 0 Å². The molecule has 6 nitrogen and oxygen atoms in total. The molecule has 0 fully saturated rings. The first-order valence-electron chi connectivity index (χ1n) is 9.96. The van der Waals surface area contributed by atoms with Crippen LogP contribution in [0.25, 0.3) is 0 Å². The minimum absolute atomic E-state index is 0.340. The monoisotopic (exact) mass is 418 g/mol. The third-order valence-electron chi connectivity index (χ3n) is 4.48. The highest BCUT2D eigenvalue weighted by Gasteiger charge is 2.14. The zero-order chi connectivity index (χ0) is 22.1. The minimum atomic E-state index is -0.678. The molecule has 0 saturated carbocycles. The van der Waals surface area contributed by atoms with Crippen molar-refractivity contribution in [2.45, 2.75) is 26.6 Å². The summed E-state index contributed by atoms with van der Waals surface area (Å²) in [5, 5.41) is 4.02. The van der Waals surface area contributed by atoms with Gasteiger partial charge in [0.1, 0.15) is 12.4 Å². The number of nitrogens with zero attached hydrogens (tertiary/aromatic N) is 1. The predicted octanol–water partition coefficient (Wildman–Crippen LogP) is 4.50. The number of amides is 1. The SMILES string of the molecule is COc1cc(C=NNC(=O)C(C)Oc2cccc(C)c2)ccc1OCc1ccccc1. The molecule has 0 saturated heterocycles. The number of hydrogen-bond donors (Lipinski definition) is 1. The number of hydrazone groups is 1. The van der Waals surface area contributed by atoms with Gasteiger partial charge in [0.2, 0.25) is 0 Å². The van der Waals surface area contributed by atoms with E-state index in [-0.39, 0.29) is 5.91 Å². The van der Waals surface area contributed by atoms with Crippen molar-refractivity contribution in [3.63, 3.8) is 0 Å². The van der Waals surface area contributed by atoms with Crippen LogP contribution in [-0.4, -0.2) is 25.3 Å². The van der Waals surface area contributed by atoms with E-state index < -0.39 is 6.10 Å². The van der Waals surface area contributed by atoms with Gasteiger partial charge in [-0.25, -0.2) is 5.43 Å². The van der Waals surface area contributed by atoms with Crippen molar-refractivity contribution >= 4 is 12.1 Å². The molecule has 0 bridgehead atoms. The summed E-state index contributed by atoms with van der Waals surface area (Å²) in [5.74, 6) is 1.52. The Balaban J connectivity index is 1.55. The second kappa shape index (κ2) is 10.8. The number of hydrogen-bond acceptors (Lipinski definition) is 5. The van der Waals surface area contributed by atoms with Crippen molar-refractivity contribution in [1.82, 2.24) is 5.43 Å². The average Bonchev–Trinajstić information content (AvgIpc) is 2.78. The molecule has 3 rings (SSSR count). The van der Waals surface area contributed by atoms with E-state index in [0.717, 1.165) is 16.7 Å². The van der Waals surface area contributed by atoms with Crippen LogP contribution in [0.5, 0.6) is 17.2 Å². The second-order valence-electron chi connectivity index (χ2n) is 7.00. The predicted molar refractivity (Wildman–Crippen MR) is 121 cm³/mol. The molecule has 0 aromatic heterocycles. The van der Waals surface area contributed by atoms with E-state index in [2.05, 4.69) is 10.5 Å². The molecule has 0 aliphatic heterocycles. The van der Waals surface area contributed by atoms with Gasteiger partial charge in [-0.15, -0.1) is 0 Å². The van der Waals surface area contributed by atoms with Gasteiger partial charge in [-0.1, -0.05) is 42.5 Å². The Labute approximate surface area is 182 Å². The van der Waals surface area contributed by atoms with E-state index in [1.807, 2.05) is 73.7 Å². The molecule has 0 heterocycles. The number of rotatable bonds is 9. The van der Waals surface area contributed by atoms with E-state index in [4.69, 9.17) is 14.2 Å². The number of benzene rings is 3. The molecule has 160 valence electrons. The maximum absolute atomic E-state index is 12.2. The Morgan fingerprint density at radius 2 is 1.84 bits per heavy atom. The molecule has 0 aliphatic rings. The Bertz CT molecular complexity index is 1030.